The summed E-state index contributed by atoms with van der Waals surface area (Å²) in [6.07, 6.45) is 1.15. The van der Waals surface area contributed by atoms with Gasteiger partial charge in [-0.2, -0.15) is 0 Å². The predicted octanol–water partition coefficient (Wildman–Crippen LogP) is -0.203. The third kappa shape index (κ3) is 28.0. The fraction of sp³-hybridized carbons (Fsp3) is 0.250. The van der Waals surface area contributed by atoms with Crippen LogP contribution in [-0.2, 0) is 49.8 Å². The summed E-state index contributed by atoms with van der Waals surface area (Å²) in [5.74, 6) is 0. The second kappa shape index (κ2) is 10.7. The number of hydrogen-bond donors (Lipinski definition) is 6. The molecule has 0 aliphatic carbocycles. The molecule has 6 N–H and O–H groups in total. The summed E-state index contributed by atoms with van der Waals surface area (Å²) in [6, 6.07) is 8.51. The first-order chi connectivity index (χ1) is 8.34. The Balaban J connectivity index is 0. The minimum atomic E-state index is -3.81. The smallest absolute Gasteiger partial charge is 0.319 e. The molecule has 0 saturated heterocycles. The Hall–Kier alpha value is 0.968. The van der Waals surface area contributed by atoms with E-state index < -0.39 is 13.4 Å². The van der Waals surface area contributed by atoms with Crippen LogP contribution in [0, 0.1) is 0 Å². The summed E-state index contributed by atoms with van der Waals surface area (Å²) in [5.41, 5.74) is 1.46. The van der Waals surface area contributed by atoms with E-state index in [1.54, 1.807) is 0 Å². The first kappa shape index (κ1) is 22.3. The molecule has 0 radical (unpaired) electrons. The van der Waals surface area contributed by atoms with Crippen molar-refractivity contribution in [1.82, 2.24) is 0 Å². The molecule has 19 heavy (non-hydrogen) atoms. The molecule has 0 aromatic heterocycles. The van der Waals surface area contributed by atoms with E-state index in [-0.39, 0.29) is 0 Å². The molecular weight excluding hydrogens is 414 g/mol. The fourth-order valence-electron chi connectivity index (χ4n) is 0.796. The third-order valence-corrected chi connectivity index (χ3v) is 2.33. The zero-order chi connectivity index (χ0) is 15.7. The molecule has 1 rings (SSSR count). The molecule has 0 spiro atoms. The van der Waals surface area contributed by atoms with Crippen LogP contribution in [0.4, 0.5) is 0 Å². The van der Waals surface area contributed by atoms with E-state index in [1.807, 2.05) is 0 Å². The Bertz CT molecular complexity index is 424. The monoisotopic (exact) mass is 431 g/mol. The molecule has 1 aromatic rings. The number of benzene rings is 1. The molecule has 111 valence electrons. The van der Waals surface area contributed by atoms with Gasteiger partial charge in [0.2, 0.25) is 0 Å². The Morgan fingerprint density at radius 3 is 1.47 bits per heavy atom. The Kier molecular flexibility index (Phi) is 12.5. The van der Waals surface area contributed by atoms with Gasteiger partial charge in [0.1, 0.15) is 0 Å². The van der Waals surface area contributed by atoms with E-state index >= 15 is 0 Å². The summed E-state index contributed by atoms with van der Waals surface area (Å²) >= 11 is 9.29. The van der Waals surface area contributed by atoms with Gasteiger partial charge in [-0.1, -0.05) is 0 Å². The molecule has 0 unspecified atom stereocenters. The van der Waals surface area contributed by atoms with Gasteiger partial charge in [0.05, 0.1) is 0 Å². The van der Waals surface area contributed by atoms with Gasteiger partial charge in [0.25, 0.3) is 0 Å². The van der Waals surface area contributed by atoms with Crippen LogP contribution in [0.25, 0.3) is 0 Å². The summed E-state index contributed by atoms with van der Waals surface area (Å²) in [4.78, 5) is 45.3. The van der Waals surface area contributed by atoms with Crippen LogP contribution in [0.3, 0.4) is 0 Å². The minimum Gasteiger partial charge on any atom is -0.325 e. The van der Waals surface area contributed by atoms with Gasteiger partial charge in [-0.3, -0.25) is 0 Å². The van der Waals surface area contributed by atoms with Crippen LogP contribution >= 0.6 is 13.4 Å². The molecule has 0 amide bonds. The molecule has 0 heterocycles. The van der Waals surface area contributed by atoms with Crippen molar-refractivity contribution < 1.29 is 49.2 Å². The molecule has 0 fully saturated rings. The average molecular weight is 429 g/mol. The Labute approximate surface area is 133 Å². The van der Waals surface area contributed by atoms with Gasteiger partial charge >= 0.3 is 80.4 Å². The molecular formula is C8H15MoO6P2S2. The summed E-state index contributed by atoms with van der Waals surface area (Å²) in [5, 5.41) is 0. The summed E-state index contributed by atoms with van der Waals surface area (Å²) in [6.45, 7) is -5.43. The first-order valence-electron chi connectivity index (χ1n) is 4.66. The van der Waals surface area contributed by atoms with Crippen molar-refractivity contribution in [3.8, 4) is 0 Å². The second-order valence-electron chi connectivity index (χ2n) is 2.99. The molecule has 1 aromatic carbocycles. The molecule has 0 aliphatic heterocycles. The summed E-state index contributed by atoms with van der Waals surface area (Å²) in [7, 11) is 0. The van der Waals surface area contributed by atoms with E-state index in [9.17, 15) is 0 Å². The van der Waals surface area contributed by atoms with E-state index in [0.29, 0.717) is 0 Å². The first-order valence-corrected chi connectivity index (χ1v) is 11.0. The molecule has 6 nitrogen and oxygen atoms in total. The fourth-order valence-corrected chi connectivity index (χ4v) is 1.51. The van der Waals surface area contributed by atoms with Crippen LogP contribution < -0.4 is 3.95 Å². The van der Waals surface area contributed by atoms with E-state index in [1.165, 1.54) is 9.52 Å². The number of rotatable bonds is 1. The van der Waals surface area contributed by atoms with E-state index in [4.69, 9.17) is 29.4 Å². The Morgan fingerprint density at radius 1 is 0.947 bits per heavy atom. The summed E-state index contributed by atoms with van der Waals surface area (Å²) < 4.78 is 1.41. The van der Waals surface area contributed by atoms with Gasteiger partial charge in [0, 0.05) is 0 Å². The third-order valence-electron chi connectivity index (χ3n) is 1.35. The SMILES string of the molecule is CCc1cccc[c]1[Mo].OP(O)(O)=S.OP(O)(O)=S. The van der Waals surface area contributed by atoms with Gasteiger partial charge in [0.15, 0.2) is 0 Å². The van der Waals surface area contributed by atoms with Crippen molar-refractivity contribution in [3.05, 3.63) is 29.8 Å². The van der Waals surface area contributed by atoms with Crippen molar-refractivity contribution in [2.45, 2.75) is 13.3 Å². The maximum absolute atomic E-state index is 7.56. The topological polar surface area (TPSA) is 121 Å². The van der Waals surface area contributed by atoms with Crippen molar-refractivity contribution in [2.75, 3.05) is 0 Å². The normalized spacial score (nSPS) is 10.7. The van der Waals surface area contributed by atoms with Crippen LogP contribution in [0.1, 0.15) is 12.5 Å². The molecule has 0 saturated carbocycles. The second-order valence-corrected chi connectivity index (χ2v) is 9.06. The van der Waals surface area contributed by atoms with Crippen molar-refractivity contribution >= 4 is 41.0 Å². The molecule has 0 atom stereocenters. The Morgan fingerprint density at radius 2 is 1.26 bits per heavy atom. The van der Waals surface area contributed by atoms with Gasteiger partial charge in [-0.15, -0.1) is 0 Å². The molecule has 0 bridgehead atoms. The standard InChI is InChI=1S/C8H9.Mo.2H3O3PS/c1-2-8-6-4-3-5-7-8;;2*1-4(2,3)5/h3-6H,2H2,1H3;;2*(H3,1,2,3,5). The molecule has 11 heteroatoms. The average Bonchev–Trinajstić information content (AvgIpc) is 2.13. The van der Waals surface area contributed by atoms with E-state index in [2.05, 4.69) is 74.6 Å². The molecule has 0 aliphatic rings. The van der Waals surface area contributed by atoms with Gasteiger partial charge < -0.3 is 29.4 Å². The van der Waals surface area contributed by atoms with Crippen molar-refractivity contribution in [3.63, 3.8) is 0 Å². The maximum atomic E-state index is 7.56. The number of hydrogen-bond acceptors (Lipinski definition) is 2. The predicted molar refractivity (Wildman–Crippen MR) is 77.3 cm³/mol. The van der Waals surface area contributed by atoms with Crippen LogP contribution in [-0.4, -0.2) is 29.4 Å². The van der Waals surface area contributed by atoms with Gasteiger partial charge in [-0.05, 0) is 23.6 Å². The van der Waals surface area contributed by atoms with Gasteiger partial charge in [-0.25, -0.2) is 0 Å². The van der Waals surface area contributed by atoms with Crippen LogP contribution in [0.15, 0.2) is 24.3 Å². The van der Waals surface area contributed by atoms with Crippen LogP contribution in [0.2, 0.25) is 0 Å². The zero-order valence-electron chi connectivity index (χ0n) is 9.82. The van der Waals surface area contributed by atoms with Crippen LogP contribution in [0.5, 0.6) is 0 Å². The minimum absolute atomic E-state index is 1.15. The maximum Gasteiger partial charge on any atom is 0.319 e. The zero-order valence-corrected chi connectivity index (χ0v) is 15.2. The van der Waals surface area contributed by atoms with E-state index in [0.717, 1.165) is 6.42 Å². The largest absolute Gasteiger partial charge is 0.325 e. The van der Waals surface area contributed by atoms with Crippen molar-refractivity contribution in [2.24, 2.45) is 0 Å². The quantitative estimate of drug-likeness (QED) is 0.268. The van der Waals surface area contributed by atoms with Crippen molar-refractivity contribution in [1.29, 1.82) is 0 Å². The number of aryl methyl sites for hydroxylation is 1.